The van der Waals surface area contributed by atoms with E-state index in [0.717, 1.165) is 13.0 Å². The van der Waals surface area contributed by atoms with Gasteiger partial charge in [0.05, 0.1) is 11.5 Å². The first-order valence-electron chi connectivity index (χ1n) is 5.40. The van der Waals surface area contributed by atoms with E-state index in [1.807, 2.05) is 0 Å². The van der Waals surface area contributed by atoms with Gasteiger partial charge in [0, 0.05) is 6.04 Å². The van der Waals surface area contributed by atoms with Crippen LogP contribution in [-0.4, -0.2) is 32.5 Å². The average molecular weight is 219 g/mol. The Labute approximate surface area is 87.2 Å². The highest BCUT2D eigenvalue weighted by atomic mass is 32.2. The molecule has 1 fully saturated rings. The smallest absolute Gasteiger partial charge is 0.150 e. The van der Waals surface area contributed by atoms with E-state index in [1.54, 1.807) is 0 Å². The summed E-state index contributed by atoms with van der Waals surface area (Å²) in [4.78, 5) is 0. The van der Waals surface area contributed by atoms with Gasteiger partial charge in [-0.05, 0) is 31.7 Å². The van der Waals surface area contributed by atoms with Gasteiger partial charge in [-0.15, -0.1) is 0 Å². The Hall–Kier alpha value is -0.0900. The van der Waals surface area contributed by atoms with Gasteiger partial charge in [0.25, 0.3) is 0 Å². The van der Waals surface area contributed by atoms with Crippen LogP contribution in [0.4, 0.5) is 0 Å². The van der Waals surface area contributed by atoms with E-state index < -0.39 is 9.84 Å². The Morgan fingerprint density at radius 3 is 2.50 bits per heavy atom. The lowest BCUT2D eigenvalue weighted by atomic mass is 9.88. The van der Waals surface area contributed by atoms with Gasteiger partial charge in [-0.2, -0.15) is 0 Å². The van der Waals surface area contributed by atoms with E-state index in [-0.39, 0.29) is 0 Å². The SMILES string of the molecule is CCNC(C)C(C)C1CCS(=O)(=O)C1. The summed E-state index contributed by atoms with van der Waals surface area (Å²) in [7, 11) is -2.72. The maximum Gasteiger partial charge on any atom is 0.150 e. The fraction of sp³-hybridized carbons (Fsp3) is 1.00. The quantitative estimate of drug-likeness (QED) is 0.769. The molecule has 1 N–H and O–H groups in total. The van der Waals surface area contributed by atoms with Crippen molar-refractivity contribution in [2.75, 3.05) is 18.1 Å². The molecule has 3 atom stereocenters. The van der Waals surface area contributed by atoms with E-state index in [1.165, 1.54) is 0 Å². The van der Waals surface area contributed by atoms with Gasteiger partial charge in [-0.25, -0.2) is 8.42 Å². The monoisotopic (exact) mass is 219 g/mol. The zero-order chi connectivity index (χ0) is 10.8. The Morgan fingerprint density at radius 2 is 2.07 bits per heavy atom. The van der Waals surface area contributed by atoms with Gasteiger partial charge >= 0.3 is 0 Å². The summed E-state index contributed by atoms with van der Waals surface area (Å²) in [6, 6.07) is 0.415. The van der Waals surface area contributed by atoms with Crippen LogP contribution in [0.3, 0.4) is 0 Å². The fourth-order valence-corrected chi connectivity index (χ4v) is 4.11. The molecule has 0 aromatic rings. The van der Waals surface area contributed by atoms with Gasteiger partial charge < -0.3 is 5.32 Å². The van der Waals surface area contributed by atoms with Crippen molar-refractivity contribution >= 4 is 9.84 Å². The highest BCUT2D eigenvalue weighted by Crippen LogP contribution is 2.27. The lowest BCUT2D eigenvalue weighted by molar-refractivity contribution is 0.306. The highest BCUT2D eigenvalue weighted by Gasteiger charge is 2.33. The van der Waals surface area contributed by atoms with E-state index in [9.17, 15) is 8.42 Å². The molecule has 0 amide bonds. The molecule has 1 saturated heterocycles. The molecule has 1 rings (SSSR count). The van der Waals surface area contributed by atoms with Gasteiger partial charge in [-0.1, -0.05) is 13.8 Å². The van der Waals surface area contributed by atoms with Gasteiger partial charge in [-0.3, -0.25) is 0 Å². The molecular formula is C10H21NO2S. The summed E-state index contributed by atoms with van der Waals surface area (Å²) in [5.41, 5.74) is 0. The molecular weight excluding hydrogens is 198 g/mol. The zero-order valence-corrected chi connectivity index (χ0v) is 10.1. The molecule has 0 aliphatic carbocycles. The minimum atomic E-state index is -2.72. The Kier molecular flexibility index (Phi) is 3.95. The number of sulfone groups is 1. The third-order valence-corrected chi connectivity index (χ3v) is 5.12. The average Bonchev–Trinajstić information content (AvgIpc) is 2.45. The Balaban J connectivity index is 2.50. The van der Waals surface area contributed by atoms with E-state index in [2.05, 4.69) is 26.1 Å². The molecule has 84 valence electrons. The first-order valence-corrected chi connectivity index (χ1v) is 7.22. The summed E-state index contributed by atoms with van der Waals surface area (Å²) in [6.07, 6.45) is 0.846. The fourth-order valence-electron chi connectivity index (χ4n) is 2.15. The maximum atomic E-state index is 11.3. The lowest BCUT2D eigenvalue weighted by Gasteiger charge is -2.25. The maximum absolute atomic E-state index is 11.3. The highest BCUT2D eigenvalue weighted by molar-refractivity contribution is 7.91. The van der Waals surface area contributed by atoms with E-state index in [0.29, 0.717) is 29.4 Å². The van der Waals surface area contributed by atoms with E-state index >= 15 is 0 Å². The molecule has 1 aliphatic heterocycles. The van der Waals surface area contributed by atoms with Crippen LogP contribution in [0.25, 0.3) is 0 Å². The molecule has 0 bridgehead atoms. The van der Waals surface area contributed by atoms with Crippen LogP contribution in [0.2, 0.25) is 0 Å². The van der Waals surface area contributed by atoms with Crippen LogP contribution in [0.5, 0.6) is 0 Å². The normalized spacial score (nSPS) is 30.1. The van der Waals surface area contributed by atoms with Gasteiger partial charge in [0.15, 0.2) is 9.84 Å². The van der Waals surface area contributed by atoms with Crippen LogP contribution in [0, 0.1) is 11.8 Å². The topological polar surface area (TPSA) is 46.2 Å². The van der Waals surface area contributed by atoms with Crippen molar-refractivity contribution in [3.8, 4) is 0 Å². The molecule has 0 aromatic carbocycles. The number of hydrogen-bond donors (Lipinski definition) is 1. The Morgan fingerprint density at radius 1 is 1.43 bits per heavy atom. The first kappa shape index (κ1) is 12.0. The summed E-state index contributed by atoms with van der Waals surface area (Å²) in [5, 5.41) is 3.35. The predicted molar refractivity (Wildman–Crippen MR) is 59.1 cm³/mol. The lowest BCUT2D eigenvalue weighted by Crippen LogP contribution is -2.36. The molecule has 3 nitrogen and oxygen atoms in total. The summed E-state index contributed by atoms with van der Waals surface area (Å²) < 4.78 is 22.6. The van der Waals surface area contributed by atoms with Crippen molar-refractivity contribution < 1.29 is 8.42 Å². The van der Waals surface area contributed by atoms with E-state index in [4.69, 9.17) is 0 Å². The Bertz CT molecular complexity index is 274. The molecule has 1 heterocycles. The van der Waals surface area contributed by atoms with Crippen molar-refractivity contribution in [3.05, 3.63) is 0 Å². The zero-order valence-electron chi connectivity index (χ0n) is 9.29. The minimum absolute atomic E-state index is 0.356. The van der Waals surface area contributed by atoms with Crippen molar-refractivity contribution in [2.24, 2.45) is 11.8 Å². The van der Waals surface area contributed by atoms with Crippen molar-refractivity contribution in [3.63, 3.8) is 0 Å². The molecule has 3 unspecified atom stereocenters. The summed E-state index contributed by atoms with van der Waals surface area (Å²) in [6.45, 7) is 7.32. The van der Waals surface area contributed by atoms with Crippen LogP contribution in [-0.2, 0) is 9.84 Å². The van der Waals surface area contributed by atoms with Crippen LogP contribution < -0.4 is 5.32 Å². The number of rotatable bonds is 4. The molecule has 14 heavy (non-hydrogen) atoms. The van der Waals surface area contributed by atoms with Gasteiger partial charge in [0.2, 0.25) is 0 Å². The minimum Gasteiger partial charge on any atom is -0.314 e. The number of hydrogen-bond acceptors (Lipinski definition) is 3. The second kappa shape index (κ2) is 4.62. The number of nitrogens with one attached hydrogen (secondary N) is 1. The molecule has 0 radical (unpaired) electrons. The van der Waals surface area contributed by atoms with Crippen LogP contribution >= 0.6 is 0 Å². The van der Waals surface area contributed by atoms with Gasteiger partial charge in [0.1, 0.15) is 0 Å². The summed E-state index contributed by atoms with van der Waals surface area (Å²) in [5.74, 6) is 1.59. The first-order chi connectivity index (χ1) is 6.46. The predicted octanol–water partition coefficient (Wildman–Crippen LogP) is 1.06. The second-order valence-electron chi connectivity index (χ2n) is 4.37. The van der Waals surface area contributed by atoms with Crippen LogP contribution in [0.1, 0.15) is 27.2 Å². The second-order valence-corrected chi connectivity index (χ2v) is 6.60. The molecule has 4 heteroatoms. The van der Waals surface area contributed by atoms with Crippen molar-refractivity contribution in [1.29, 1.82) is 0 Å². The molecule has 0 aromatic heterocycles. The standard InChI is InChI=1S/C10H21NO2S/c1-4-11-9(3)8(2)10-5-6-14(12,13)7-10/h8-11H,4-7H2,1-3H3. The van der Waals surface area contributed by atoms with Crippen LogP contribution in [0.15, 0.2) is 0 Å². The largest absolute Gasteiger partial charge is 0.314 e. The molecule has 1 aliphatic rings. The summed E-state index contributed by atoms with van der Waals surface area (Å²) >= 11 is 0. The molecule has 0 saturated carbocycles. The van der Waals surface area contributed by atoms with Crippen molar-refractivity contribution in [2.45, 2.75) is 33.2 Å². The third-order valence-electron chi connectivity index (χ3n) is 3.33. The molecule has 0 spiro atoms. The van der Waals surface area contributed by atoms with Crippen molar-refractivity contribution in [1.82, 2.24) is 5.32 Å². The third kappa shape index (κ3) is 2.95.